The van der Waals surface area contributed by atoms with Gasteiger partial charge in [0.2, 0.25) is 0 Å². The molecule has 0 radical (unpaired) electrons. The van der Waals surface area contributed by atoms with Crippen LogP contribution < -0.4 is 0 Å². The van der Waals surface area contributed by atoms with Gasteiger partial charge in [-0.05, 0) is 31.4 Å². The molecule has 0 spiro atoms. The Morgan fingerprint density at radius 3 is 2.48 bits per heavy atom. The van der Waals surface area contributed by atoms with E-state index in [-0.39, 0.29) is 0 Å². The number of hydrogen-bond donors (Lipinski definition) is 0. The first kappa shape index (κ1) is 20.3. The normalized spacial score (nSPS) is 35.3. The predicted octanol–water partition coefficient (Wildman–Crippen LogP) is 1.73. The van der Waals surface area contributed by atoms with Gasteiger partial charge in [0.05, 0.1) is 13.7 Å². The molecule has 158 valence electrons. The highest BCUT2D eigenvalue weighted by Crippen LogP contribution is 2.42. The SMILES string of the molecule is COC(=O)[C@@H]1Cc2ccccc2CO[C@@H]2[C@H](O[C@@H]3OC(C)(C)O[C@@H]32)[C@@H]1OC(C)=O. The minimum absolute atomic E-state index is 0.314. The minimum Gasteiger partial charge on any atom is -0.469 e. The van der Waals surface area contributed by atoms with Gasteiger partial charge in [0, 0.05) is 6.92 Å². The monoisotopic (exact) mass is 406 g/mol. The second-order valence-electron chi connectivity index (χ2n) is 8.02. The molecule has 6 atom stereocenters. The van der Waals surface area contributed by atoms with Gasteiger partial charge in [0.1, 0.15) is 30.3 Å². The van der Waals surface area contributed by atoms with Gasteiger partial charge >= 0.3 is 11.9 Å². The Bertz CT molecular complexity index is 791. The average molecular weight is 406 g/mol. The molecule has 4 rings (SSSR count). The van der Waals surface area contributed by atoms with Crippen LogP contribution in [0.1, 0.15) is 31.9 Å². The first-order chi connectivity index (χ1) is 13.8. The predicted molar refractivity (Wildman–Crippen MR) is 98.5 cm³/mol. The van der Waals surface area contributed by atoms with E-state index in [2.05, 4.69) is 0 Å². The van der Waals surface area contributed by atoms with Crippen molar-refractivity contribution in [3.05, 3.63) is 35.4 Å². The maximum absolute atomic E-state index is 12.7. The fourth-order valence-electron chi connectivity index (χ4n) is 4.33. The van der Waals surface area contributed by atoms with E-state index in [1.165, 1.54) is 14.0 Å². The molecule has 1 aromatic carbocycles. The maximum Gasteiger partial charge on any atom is 0.312 e. The van der Waals surface area contributed by atoms with Gasteiger partial charge < -0.3 is 28.4 Å². The van der Waals surface area contributed by atoms with Gasteiger partial charge in [0.25, 0.3) is 0 Å². The molecule has 0 N–H and O–H groups in total. The topological polar surface area (TPSA) is 89.5 Å². The molecule has 29 heavy (non-hydrogen) atoms. The zero-order valence-corrected chi connectivity index (χ0v) is 17.0. The number of ether oxygens (including phenoxy) is 6. The molecule has 3 heterocycles. The second kappa shape index (κ2) is 7.68. The van der Waals surface area contributed by atoms with Crippen molar-refractivity contribution in [2.75, 3.05) is 7.11 Å². The quantitative estimate of drug-likeness (QED) is 0.686. The van der Waals surface area contributed by atoms with Crippen molar-refractivity contribution < 1.29 is 38.0 Å². The van der Waals surface area contributed by atoms with E-state index < -0.39 is 54.3 Å². The van der Waals surface area contributed by atoms with Gasteiger partial charge in [-0.2, -0.15) is 0 Å². The number of carbonyl (C=O) groups is 2. The Labute approximate surface area is 169 Å². The molecule has 8 nitrogen and oxygen atoms in total. The number of methoxy groups -OCH3 is 1. The van der Waals surface area contributed by atoms with Crippen molar-refractivity contribution in [1.29, 1.82) is 0 Å². The van der Waals surface area contributed by atoms with Crippen LogP contribution >= 0.6 is 0 Å². The van der Waals surface area contributed by atoms with Crippen LogP contribution in [-0.2, 0) is 51.0 Å². The van der Waals surface area contributed by atoms with E-state index in [0.717, 1.165) is 11.1 Å². The molecule has 8 heteroatoms. The number of hydrogen-bond acceptors (Lipinski definition) is 8. The highest BCUT2D eigenvalue weighted by atomic mass is 16.8. The average Bonchev–Trinajstić information content (AvgIpc) is 3.15. The van der Waals surface area contributed by atoms with Crippen molar-refractivity contribution in [3.8, 4) is 0 Å². The van der Waals surface area contributed by atoms with E-state index >= 15 is 0 Å². The number of fused-ring (bicyclic) bond motifs is 4. The standard InChI is InChI=1S/C21H26O8/c1-11(22)26-15-14(19(23)24-4)9-12-7-5-6-8-13(12)10-25-16-17(15)27-20-18(16)28-21(2,3)29-20/h5-8,14-18,20H,9-10H2,1-4H3/t14-,15-,16-,17-,18-,20-/m1/s1. The molecule has 0 amide bonds. The number of esters is 2. The van der Waals surface area contributed by atoms with Crippen molar-refractivity contribution in [3.63, 3.8) is 0 Å². The summed E-state index contributed by atoms with van der Waals surface area (Å²) >= 11 is 0. The Kier molecular flexibility index (Phi) is 5.37. The summed E-state index contributed by atoms with van der Waals surface area (Å²) in [4.78, 5) is 24.6. The summed E-state index contributed by atoms with van der Waals surface area (Å²) in [5.41, 5.74) is 1.88. The lowest BCUT2D eigenvalue weighted by molar-refractivity contribution is -0.237. The van der Waals surface area contributed by atoms with Crippen LogP contribution in [0.25, 0.3) is 0 Å². The maximum atomic E-state index is 12.7. The zero-order chi connectivity index (χ0) is 20.8. The van der Waals surface area contributed by atoms with Crippen LogP contribution in [0.15, 0.2) is 24.3 Å². The first-order valence-electron chi connectivity index (χ1n) is 9.73. The smallest absolute Gasteiger partial charge is 0.312 e. The minimum atomic E-state index is -0.906. The lowest BCUT2D eigenvalue weighted by Gasteiger charge is -2.32. The van der Waals surface area contributed by atoms with E-state index in [0.29, 0.717) is 13.0 Å². The fourth-order valence-corrected chi connectivity index (χ4v) is 4.33. The molecule has 2 fully saturated rings. The van der Waals surface area contributed by atoms with Gasteiger partial charge in [-0.25, -0.2) is 0 Å². The second-order valence-corrected chi connectivity index (χ2v) is 8.02. The van der Waals surface area contributed by atoms with Gasteiger partial charge in [0.15, 0.2) is 12.1 Å². The molecular weight excluding hydrogens is 380 g/mol. The van der Waals surface area contributed by atoms with E-state index in [1.54, 1.807) is 13.8 Å². The molecule has 3 aliphatic rings. The van der Waals surface area contributed by atoms with Gasteiger partial charge in [-0.15, -0.1) is 0 Å². The Hall–Kier alpha value is -2.00. The van der Waals surface area contributed by atoms with Crippen molar-refractivity contribution in [2.24, 2.45) is 5.92 Å². The summed E-state index contributed by atoms with van der Waals surface area (Å²) < 4.78 is 34.8. The van der Waals surface area contributed by atoms with Gasteiger partial charge in [-0.1, -0.05) is 24.3 Å². The summed E-state index contributed by atoms with van der Waals surface area (Å²) in [6, 6.07) is 7.70. The molecule has 0 aromatic heterocycles. The molecular formula is C21H26O8. The highest BCUT2D eigenvalue weighted by Gasteiger charge is 2.59. The zero-order valence-electron chi connectivity index (χ0n) is 17.0. The molecule has 3 aliphatic heterocycles. The van der Waals surface area contributed by atoms with Crippen molar-refractivity contribution in [2.45, 2.75) is 70.3 Å². The Morgan fingerprint density at radius 1 is 1.07 bits per heavy atom. The first-order valence-corrected chi connectivity index (χ1v) is 9.73. The third kappa shape index (κ3) is 3.90. The number of benzene rings is 1. The van der Waals surface area contributed by atoms with Crippen LogP contribution in [0.2, 0.25) is 0 Å². The summed E-state index contributed by atoms with van der Waals surface area (Å²) in [7, 11) is 1.32. The van der Waals surface area contributed by atoms with Crippen LogP contribution in [-0.4, -0.2) is 55.5 Å². The molecule has 1 aromatic rings. The van der Waals surface area contributed by atoms with Crippen molar-refractivity contribution in [1.82, 2.24) is 0 Å². The molecule has 0 unspecified atom stereocenters. The fraction of sp³-hybridized carbons (Fsp3) is 0.619. The largest absolute Gasteiger partial charge is 0.469 e. The third-order valence-electron chi connectivity index (χ3n) is 5.54. The molecule has 0 saturated carbocycles. The summed E-state index contributed by atoms with van der Waals surface area (Å²) in [5.74, 6) is -2.57. The molecule has 0 bridgehead atoms. The molecule has 0 aliphatic carbocycles. The lowest BCUT2D eigenvalue weighted by Crippen LogP contribution is -2.49. The van der Waals surface area contributed by atoms with E-state index in [1.807, 2.05) is 24.3 Å². The molecule has 2 saturated heterocycles. The van der Waals surface area contributed by atoms with Crippen molar-refractivity contribution >= 4 is 11.9 Å². The van der Waals surface area contributed by atoms with E-state index in [4.69, 9.17) is 28.4 Å². The van der Waals surface area contributed by atoms with Gasteiger partial charge in [-0.3, -0.25) is 9.59 Å². The van der Waals surface area contributed by atoms with Crippen LogP contribution in [0.4, 0.5) is 0 Å². The Balaban J connectivity index is 1.75. The lowest BCUT2D eigenvalue weighted by atomic mass is 9.88. The van der Waals surface area contributed by atoms with Crippen LogP contribution in [0, 0.1) is 5.92 Å². The number of carbonyl (C=O) groups excluding carboxylic acids is 2. The van der Waals surface area contributed by atoms with Crippen LogP contribution in [0.3, 0.4) is 0 Å². The van der Waals surface area contributed by atoms with Crippen LogP contribution in [0.5, 0.6) is 0 Å². The van der Waals surface area contributed by atoms with E-state index in [9.17, 15) is 9.59 Å². The third-order valence-corrected chi connectivity index (χ3v) is 5.54. The highest BCUT2D eigenvalue weighted by molar-refractivity contribution is 5.75. The number of rotatable bonds is 2. The Morgan fingerprint density at radius 2 is 1.79 bits per heavy atom. The summed E-state index contributed by atoms with van der Waals surface area (Å²) in [6.45, 7) is 5.22. The summed E-state index contributed by atoms with van der Waals surface area (Å²) in [6.07, 6.45) is -3.06. The summed E-state index contributed by atoms with van der Waals surface area (Å²) in [5, 5.41) is 0.